The van der Waals surface area contributed by atoms with Gasteiger partial charge in [0.25, 0.3) is 10.2 Å². The smallest absolute Gasteiger partial charge is 0.279 e. The molecule has 1 aliphatic carbocycles. The highest BCUT2D eigenvalue weighted by Gasteiger charge is 2.28. The van der Waals surface area contributed by atoms with E-state index in [1.54, 1.807) is 7.05 Å². The number of nitrogens with one attached hydrogen (secondary N) is 1. The van der Waals surface area contributed by atoms with Crippen molar-refractivity contribution in [2.75, 3.05) is 13.7 Å². The van der Waals surface area contributed by atoms with Gasteiger partial charge in [0.15, 0.2) is 0 Å². The van der Waals surface area contributed by atoms with Crippen LogP contribution in [0.5, 0.6) is 0 Å². The number of aliphatic hydroxyl groups is 1. The lowest BCUT2D eigenvalue weighted by Crippen LogP contribution is -2.47. The van der Waals surface area contributed by atoms with Crippen LogP contribution >= 0.6 is 0 Å². The van der Waals surface area contributed by atoms with Crippen molar-refractivity contribution in [3.8, 4) is 0 Å². The molecule has 18 heavy (non-hydrogen) atoms. The van der Waals surface area contributed by atoms with Crippen LogP contribution in [0.1, 0.15) is 51.9 Å². The number of nitrogens with zero attached hydrogens (tertiary/aromatic N) is 1. The summed E-state index contributed by atoms with van der Waals surface area (Å²) in [4.78, 5) is 0. The maximum Gasteiger partial charge on any atom is 0.279 e. The van der Waals surface area contributed by atoms with Crippen LogP contribution in [0.15, 0.2) is 0 Å². The van der Waals surface area contributed by atoms with Crippen molar-refractivity contribution in [2.24, 2.45) is 0 Å². The summed E-state index contributed by atoms with van der Waals surface area (Å²) < 4.78 is 28.5. The summed E-state index contributed by atoms with van der Waals surface area (Å²) in [5.41, 5.74) is 0. The molecule has 5 nitrogen and oxygen atoms in total. The SMILES string of the molecule is CC(CCCO)NS(=O)(=O)N(C)C1CCCCC1. The molecule has 0 aromatic heterocycles. The molecule has 0 radical (unpaired) electrons. The first-order chi connectivity index (χ1) is 8.47. The molecule has 0 aromatic rings. The maximum absolute atomic E-state index is 12.2. The molecule has 1 rings (SSSR count). The van der Waals surface area contributed by atoms with E-state index < -0.39 is 10.2 Å². The van der Waals surface area contributed by atoms with Gasteiger partial charge in [-0.1, -0.05) is 19.3 Å². The van der Waals surface area contributed by atoms with E-state index in [1.807, 2.05) is 6.92 Å². The van der Waals surface area contributed by atoms with E-state index in [9.17, 15) is 8.42 Å². The second-order valence-electron chi connectivity index (χ2n) is 5.20. The van der Waals surface area contributed by atoms with Crippen molar-refractivity contribution in [3.05, 3.63) is 0 Å². The van der Waals surface area contributed by atoms with Gasteiger partial charge < -0.3 is 5.11 Å². The Morgan fingerprint density at radius 1 is 1.33 bits per heavy atom. The lowest BCUT2D eigenvalue weighted by Gasteiger charge is -2.31. The molecule has 1 saturated carbocycles. The quantitative estimate of drug-likeness (QED) is 0.736. The molecule has 2 N–H and O–H groups in total. The van der Waals surface area contributed by atoms with Crippen LogP contribution in [0.2, 0.25) is 0 Å². The molecule has 1 atom stereocenters. The minimum absolute atomic E-state index is 0.102. The fourth-order valence-electron chi connectivity index (χ4n) is 2.43. The largest absolute Gasteiger partial charge is 0.396 e. The van der Waals surface area contributed by atoms with Crippen LogP contribution in [-0.2, 0) is 10.2 Å². The van der Waals surface area contributed by atoms with Crippen molar-refractivity contribution < 1.29 is 13.5 Å². The molecule has 0 aromatic carbocycles. The van der Waals surface area contributed by atoms with Crippen LogP contribution in [0.3, 0.4) is 0 Å². The van der Waals surface area contributed by atoms with Crippen molar-refractivity contribution >= 4 is 10.2 Å². The second kappa shape index (κ2) is 7.43. The zero-order valence-electron chi connectivity index (χ0n) is 11.4. The van der Waals surface area contributed by atoms with E-state index in [-0.39, 0.29) is 18.7 Å². The van der Waals surface area contributed by atoms with Crippen molar-refractivity contribution in [3.63, 3.8) is 0 Å². The van der Waals surface area contributed by atoms with E-state index >= 15 is 0 Å². The Kier molecular flexibility index (Phi) is 6.55. The van der Waals surface area contributed by atoms with Crippen molar-refractivity contribution in [2.45, 2.75) is 64.0 Å². The van der Waals surface area contributed by atoms with Gasteiger partial charge in [0.2, 0.25) is 0 Å². The molecule has 0 saturated heterocycles. The Balaban J connectivity index is 2.50. The maximum atomic E-state index is 12.2. The minimum atomic E-state index is -3.39. The Bertz CT molecular complexity index is 326. The van der Waals surface area contributed by atoms with Gasteiger partial charge >= 0.3 is 0 Å². The van der Waals surface area contributed by atoms with Gasteiger partial charge in [-0.05, 0) is 32.6 Å². The van der Waals surface area contributed by atoms with Crippen LogP contribution in [0.4, 0.5) is 0 Å². The van der Waals surface area contributed by atoms with Gasteiger partial charge in [0, 0.05) is 25.7 Å². The number of hydrogen-bond acceptors (Lipinski definition) is 3. The van der Waals surface area contributed by atoms with E-state index in [0.717, 1.165) is 25.7 Å². The molecule has 1 aliphatic rings. The fraction of sp³-hybridized carbons (Fsp3) is 1.00. The van der Waals surface area contributed by atoms with Gasteiger partial charge in [0.1, 0.15) is 0 Å². The summed E-state index contributed by atoms with van der Waals surface area (Å²) >= 11 is 0. The van der Waals surface area contributed by atoms with Gasteiger partial charge in [-0.25, -0.2) is 0 Å². The Hall–Kier alpha value is -0.170. The third kappa shape index (κ3) is 4.84. The molecule has 0 bridgehead atoms. The zero-order valence-corrected chi connectivity index (χ0v) is 12.2. The summed E-state index contributed by atoms with van der Waals surface area (Å²) in [6.45, 7) is 1.94. The zero-order chi connectivity index (χ0) is 13.6. The van der Waals surface area contributed by atoms with E-state index in [0.29, 0.717) is 12.8 Å². The fourth-order valence-corrected chi connectivity index (χ4v) is 3.83. The molecule has 0 spiro atoms. The summed E-state index contributed by atoms with van der Waals surface area (Å²) in [6, 6.07) is 0.00878. The van der Waals surface area contributed by atoms with Gasteiger partial charge in [-0.2, -0.15) is 17.4 Å². The monoisotopic (exact) mass is 278 g/mol. The van der Waals surface area contributed by atoms with E-state index in [2.05, 4.69) is 4.72 Å². The van der Waals surface area contributed by atoms with E-state index in [4.69, 9.17) is 5.11 Å². The summed E-state index contributed by atoms with van der Waals surface area (Å²) in [5, 5.41) is 8.74. The molecule has 6 heteroatoms. The van der Waals surface area contributed by atoms with Gasteiger partial charge in [-0.15, -0.1) is 0 Å². The number of rotatable bonds is 7. The minimum Gasteiger partial charge on any atom is -0.396 e. The van der Waals surface area contributed by atoms with Crippen LogP contribution in [-0.4, -0.2) is 43.6 Å². The Labute approximate surface area is 111 Å². The Morgan fingerprint density at radius 2 is 1.94 bits per heavy atom. The molecule has 0 amide bonds. The lowest BCUT2D eigenvalue weighted by atomic mass is 9.96. The lowest BCUT2D eigenvalue weighted by molar-refractivity contribution is 0.272. The average molecular weight is 278 g/mol. The number of hydrogen-bond donors (Lipinski definition) is 2. The third-order valence-electron chi connectivity index (χ3n) is 3.61. The molecule has 0 aliphatic heterocycles. The summed E-state index contributed by atoms with van der Waals surface area (Å²) in [7, 11) is -1.72. The van der Waals surface area contributed by atoms with Crippen molar-refractivity contribution in [1.82, 2.24) is 9.03 Å². The van der Waals surface area contributed by atoms with Crippen LogP contribution in [0, 0.1) is 0 Å². The predicted octanol–water partition coefficient (Wildman–Crippen LogP) is 1.25. The highest BCUT2D eigenvalue weighted by atomic mass is 32.2. The van der Waals surface area contributed by atoms with Crippen LogP contribution < -0.4 is 4.72 Å². The molecular weight excluding hydrogens is 252 g/mol. The summed E-state index contributed by atoms with van der Waals surface area (Å²) in [6.07, 6.45) is 6.65. The second-order valence-corrected chi connectivity index (χ2v) is 6.96. The average Bonchev–Trinajstić information content (AvgIpc) is 2.36. The Morgan fingerprint density at radius 3 is 2.50 bits per heavy atom. The first-order valence-corrected chi connectivity index (χ1v) is 8.27. The first kappa shape index (κ1) is 15.9. The summed E-state index contributed by atoms with van der Waals surface area (Å²) in [5.74, 6) is 0. The highest BCUT2D eigenvalue weighted by Crippen LogP contribution is 2.23. The third-order valence-corrected chi connectivity index (χ3v) is 5.37. The first-order valence-electron chi connectivity index (χ1n) is 6.83. The van der Waals surface area contributed by atoms with Crippen molar-refractivity contribution in [1.29, 1.82) is 0 Å². The van der Waals surface area contributed by atoms with E-state index in [1.165, 1.54) is 10.7 Å². The van der Waals surface area contributed by atoms with Gasteiger partial charge in [0.05, 0.1) is 0 Å². The molecule has 1 unspecified atom stereocenters. The van der Waals surface area contributed by atoms with Crippen LogP contribution in [0.25, 0.3) is 0 Å². The molecule has 1 fully saturated rings. The number of aliphatic hydroxyl groups excluding tert-OH is 1. The normalized spacial score (nSPS) is 20.2. The van der Waals surface area contributed by atoms with Gasteiger partial charge in [-0.3, -0.25) is 0 Å². The molecule has 108 valence electrons. The molecular formula is C12H26N2O3S. The predicted molar refractivity (Wildman–Crippen MR) is 72.5 cm³/mol. The topological polar surface area (TPSA) is 69.6 Å². The standard InChI is InChI=1S/C12H26N2O3S/c1-11(7-6-10-15)13-18(16,17)14(2)12-8-4-3-5-9-12/h11-13,15H,3-10H2,1-2H3. The highest BCUT2D eigenvalue weighted by molar-refractivity contribution is 7.87. The molecule has 0 heterocycles.